The number of aryl methyl sites for hydroxylation is 1. The van der Waals surface area contributed by atoms with Crippen molar-refractivity contribution >= 4 is 17.3 Å². The van der Waals surface area contributed by atoms with Crippen molar-refractivity contribution in [2.75, 3.05) is 7.11 Å². The Morgan fingerprint density at radius 2 is 1.88 bits per heavy atom. The van der Waals surface area contributed by atoms with E-state index in [1.54, 1.807) is 29.2 Å². The molecule has 3 aromatic rings. The number of carbonyl (C=O) groups excluding carboxylic acids is 1. The van der Waals surface area contributed by atoms with Crippen molar-refractivity contribution in [1.29, 1.82) is 0 Å². The summed E-state index contributed by atoms with van der Waals surface area (Å²) in [4.78, 5) is 31.3. The highest BCUT2D eigenvalue weighted by Gasteiger charge is 2.25. The van der Waals surface area contributed by atoms with Crippen LogP contribution in [0.1, 0.15) is 15.9 Å². The number of thiazole rings is 1. The summed E-state index contributed by atoms with van der Waals surface area (Å²) in [6, 6.07) is 17.4. The second-order valence-corrected chi connectivity index (χ2v) is 8.27. The molecule has 2 aromatic carbocycles. The van der Waals surface area contributed by atoms with E-state index in [1.807, 2.05) is 55.5 Å². The summed E-state index contributed by atoms with van der Waals surface area (Å²) in [6.45, 7) is 1.94. The van der Waals surface area contributed by atoms with E-state index in [9.17, 15) is 9.59 Å². The van der Waals surface area contributed by atoms with Gasteiger partial charge in [0, 0.05) is 18.6 Å². The minimum atomic E-state index is -0.571. The van der Waals surface area contributed by atoms with Crippen LogP contribution in [-0.4, -0.2) is 32.4 Å². The molecule has 0 radical (unpaired) electrons. The quantitative estimate of drug-likeness (QED) is 0.387. The Morgan fingerprint density at radius 3 is 2.62 bits per heavy atom. The van der Waals surface area contributed by atoms with Crippen molar-refractivity contribution in [2.45, 2.75) is 6.92 Å². The summed E-state index contributed by atoms with van der Waals surface area (Å²) in [5, 5.41) is 5.08. The lowest BCUT2D eigenvalue weighted by molar-refractivity contribution is 0.0600. The molecule has 0 atom stereocenters. The van der Waals surface area contributed by atoms with E-state index in [1.165, 1.54) is 23.1 Å². The molecule has 0 N–H and O–H groups in total. The molecule has 32 heavy (non-hydrogen) atoms. The van der Waals surface area contributed by atoms with Crippen LogP contribution in [0.4, 0.5) is 0 Å². The Balaban J connectivity index is 1.69. The number of methoxy groups -OCH3 is 1. The Morgan fingerprint density at radius 1 is 1.06 bits per heavy atom. The van der Waals surface area contributed by atoms with E-state index in [2.05, 4.69) is 10.1 Å². The molecular formula is C24H18N4O3S. The zero-order chi connectivity index (χ0) is 22.2. The number of hydrogen-bond donors (Lipinski definition) is 0. The van der Waals surface area contributed by atoms with Crippen molar-refractivity contribution < 1.29 is 9.53 Å². The molecule has 0 aliphatic carbocycles. The van der Waals surface area contributed by atoms with Crippen molar-refractivity contribution in [1.82, 2.24) is 19.3 Å². The van der Waals surface area contributed by atoms with Gasteiger partial charge in [-0.3, -0.25) is 9.36 Å². The van der Waals surface area contributed by atoms with Crippen LogP contribution in [0.25, 0.3) is 32.5 Å². The Kier molecular flexibility index (Phi) is 4.91. The molecule has 3 heterocycles. The Labute approximate surface area is 187 Å². The van der Waals surface area contributed by atoms with Crippen molar-refractivity contribution in [3.05, 3.63) is 94.7 Å². The molecule has 0 fully saturated rings. The van der Waals surface area contributed by atoms with Crippen molar-refractivity contribution in [3.63, 3.8) is 0 Å². The third-order valence-corrected chi connectivity index (χ3v) is 6.15. The summed E-state index contributed by atoms with van der Waals surface area (Å²) in [5.41, 5.74) is 3.17. The Bertz CT molecular complexity index is 1470. The number of pyridine rings is 1. The first-order valence-electron chi connectivity index (χ1n) is 9.87. The predicted octanol–water partition coefficient (Wildman–Crippen LogP) is 4.35. The molecule has 0 bridgehead atoms. The van der Waals surface area contributed by atoms with Gasteiger partial charge in [-0.2, -0.15) is 9.78 Å². The van der Waals surface area contributed by atoms with Gasteiger partial charge in [0.15, 0.2) is 5.13 Å². The number of aromatic nitrogens is 4. The number of esters is 1. The van der Waals surface area contributed by atoms with E-state index in [0.29, 0.717) is 22.1 Å². The van der Waals surface area contributed by atoms with Gasteiger partial charge in [0.2, 0.25) is 0 Å². The number of fused-ring (bicyclic) bond motifs is 1. The van der Waals surface area contributed by atoms with Gasteiger partial charge in [-0.25, -0.2) is 9.78 Å². The Hall–Kier alpha value is -4.04. The van der Waals surface area contributed by atoms with E-state index >= 15 is 0 Å². The monoisotopic (exact) mass is 442 g/mol. The first-order valence-corrected chi connectivity index (χ1v) is 10.7. The van der Waals surface area contributed by atoms with E-state index in [4.69, 9.17) is 4.74 Å². The van der Waals surface area contributed by atoms with Gasteiger partial charge in [-0.15, -0.1) is 0 Å². The average Bonchev–Trinajstić information content (AvgIpc) is 3.44. The maximum atomic E-state index is 13.2. The van der Waals surface area contributed by atoms with Crippen LogP contribution in [0, 0.1) is 6.92 Å². The van der Waals surface area contributed by atoms with Crippen LogP contribution < -0.4 is 5.56 Å². The summed E-state index contributed by atoms with van der Waals surface area (Å²) in [6.07, 6.45) is 5.05. The third-order valence-electron chi connectivity index (χ3n) is 5.09. The molecule has 0 amide bonds. The minimum Gasteiger partial charge on any atom is -0.465 e. The maximum absolute atomic E-state index is 13.2. The first kappa shape index (κ1) is 19.9. The second-order valence-electron chi connectivity index (χ2n) is 7.26. The number of rotatable bonds is 4. The molecule has 0 unspecified atom stereocenters. The maximum Gasteiger partial charge on any atom is 0.341 e. The van der Waals surface area contributed by atoms with E-state index in [-0.39, 0.29) is 11.1 Å². The zero-order valence-electron chi connectivity index (χ0n) is 17.4. The third kappa shape index (κ3) is 3.40. The van der Waals surface area contributed by atoms with Crippen LogP contribution in [0.5, 0.6) is 0 Å². The normalized spacial score (nSPS) is 11.1. The summed E-state index contributed by atoms with van der Waals surface area (Å²) in [5.74, 6) is -0.571. The number of hydrogen-bond acceptors (Lipinski definition) is 6. The van der Waals surface area contributed by atoms with E-state index in [0.717, 1.165) is 16.0 Å². The van der Waals surface area contributed by atoms with Gasteiger partial charge in [0.1, 0.15) is 11.3 Å². The SMILES string of the molecule is COC(=O)c1cn(-c2ncc(-c3ccccc3)s2)cc2c(=O)n(-c3cccc(C)c3)nc1-2. The molecule has 0 saturated heterocycles. The fourth-order valence-corrected chi connectivity index (χ4v) is 4.40. The lowest BCUT2D eigenvalue weighted by atomic mass is 10.1. The molecular weight excluding hydrogens is 424 g/mol. The van der Waals surface area contributed by atoms with Crippen LogP contribution >= 0.6 is 11.3 Å². The molecule has 158 valence electrons. The first-order chi connectivity index (χ1) is 15.5. The van der Waals surface area contributed by atoms with Crippen LogP contribution in [0.3, 0.4) is 0 Å². The van der Waals surface area contributed by atoms with Gasteiger partial charge in [-0.05, 0) is 30.2 Å². The van der Waals surface area contributed by atoms with E-state index < -0.39 is 5.97 Å². The van der Waals surface area contributed by atoms with Gasteiger partial charge >= 0.3 is 5.97 Å². The summed E-state index contributed by atoms with van der Waals surface area (Å²) >= 11 is 1.46. The van der Waals surface area contributed by atoms with Crippen LogP contribution in [-0.2, 0) is 4.74 Å². The number of benzene rings is 2. The standard InChI is InChI=1S/C24H18N4O3S/c1-15-7-6-10-17(11-15)28-22(29)18-13-27(14-19(21(18)26-28)23(30)31-2)24-25-12-20(32-24)16-8-4-3-5-9-16/h3-14H,1-2H3. The lowest BCUT2D eigenvalue weighted by Gasteiger charge is -2.09. The minimum absolute atomic E-state index is 0.199. The zero-order valence-corrected chi connectivity index (χ0v) is 18.2. The summed E-state index contributed by atoms with van der Waals surface area (Å²) < 4.78 is 7.95. The smallest absolute Gasteiger partial charge is 0.341 e. The van der Waals surface area contributed by atoms with Crippen LogP contribution in [0.15, 0.2) is 78.0 Å². The van der Waals surface area contributed by atoms with Gasteiger partial charge in [-0.1, -0.05) is 53.8 Å². The van der Waals surface area contributed by atoms with Gasteiger partial charge in [0.25, 0.3) is 5.56 Å². The molecule has 8 heteroatoms. The molecule has 2 aliphatic heterocycles. The molecule has 2 aliphatic rings. The number of nitrogens with zero attached hydrogens (tertiary/aromatic N) is 4. The van der Waals surface area contributed by atoms with Crippen molar-refractivity contribution in [2.24, 2.45) is 0 Å². The summed E-state index contributed by atoms with van der Waals surface area (Å²) in [7, 11) is 1.30. The largest absolute Gasteiger partial charge is 0.465 e. The predicted molar refractivity (Wildman–Crippen MR) is 123 cm³/mol. The molecule has 7 nitrogen and oxygen atoms in total. The topological polar surface area (TPSA) is 79.0 Å². The number of carbonyl (C=O) groups is 1. The number of ether oxygens (including phenoxy) is 1. The van der Waals surface area contributed by atoms with Gasteiger partial charge in [0.05, 0.1) is 23.2 Å². The molecule has 0 spiro atoms. The van der Waals surface area contributed by atoms with Gasteiger partial charge < -0.3 is 4.74 Å². The highest BCUT2D eigenvalue weighted by molar-refractivity contribution is 7.17. The average molecular weight is 443 g/mol. The molecule has 1 aromatic heterocycles. The second kappa shape index (κ2) is 7.90. The fourth-order valence-electron chi connectivity index (χ4n) is 3.53. The lowest BCUT2D eigenvalue weighted by Crippen LogP contribution is -2.15. The molecule has 0 saturated carbocycles. The fraction of sp³-hybridized carbons (Fsp3) is 0.0833. The van der Waals surface area contributed by atoms with Crippen LogP contribution in [0.2, 0.25) is 0 Å². The highest BCUT2D eigenvalue weighted by atomic mass is 32.1. The molecule has 5 rings (SSSR count). The highest BCUT2D eigenvalue weighted by Crippen LogP contribution is 2.30. The van der Waals surface area contributed by atoms with Crippen molar-refractivity contribution in [3.8, 4) is 32.5 Å².